The molecule has 1 saturated heterocycles. The van der Waals surface area contributed by atoms with E-state index in [0.717, 1.165) is 13.1 Å². The van der Waals surface area contributed by atoms with Crippen molar-refractivity contribution >= 4 is 15.9 Å². The van der Waals surface area contributed by atoms with Crippen LogP contribution in [0.15, 0.2) is 28.7 Å². The second kappa shape index (κ2) is 5.72. The highest BCUT2D eigenvalue weighted by molar-refractivity contribution is 9.10. The first kappa shape index (κ1) is 14.0. The van der Waals surface area contributed by atoms with Crippen molar-refractivity contribution in [2.24, 2.45) is 5.41 Å². The van der Waals surface area contributed by atoms with Gasteiger partial charge in [-0.3, -0.25) is 0 Å². The van der Waals surface area contributed by atoms with E-state index in [0.29, 0.717) is 17.5 Å². The van der Waals surface area contributed by atoms with Gasteiger partial charge in [0.25, 0.3) is 0 Å². The second-order valence-corrected chi connectivity index (χ2v) is 6.77. The van der Waals surface area contributed by atoms with Crippen molar-refractivity contribution in [3.63, 3.8) is 0 Å². The molecule has 2 N–H and O–H groups in total. The standard InChI is InChI=1S/C15H23BrN2/c1-11(12-6-4-5-7-13(12)16)18-14-8-9-17-10-15(14,2)3/h4-7,11,14,17-18H,8-10H2,1-3H3/t11-,14?/m0/s1. The predicted molar refractivity (Wildman–Crippen MR) is 80.7 cm³/mol. The van der Waals surface area contributed by atoms with E-state index in [9.17, 15) is 0 Å². The van der Waals surface area contributed by atoms with Crippen LogP contribution >= 0.6 is 15.9 Å². The lowest BCUT2D eigenvalue weighted by molar-refractivity contribution is 0.174. The molecule has 2 atom stereocenters. The van der Waals surface area contributed by atoms with Crippen LogP contribution in [-0.2, 0) is 0 Å². The smallest absolute Gasteiger partial charge is 0.0305 e. The van der Waals surface area contributed by atoms with Crippen LogP contribution in [0.3, 0.4) is 0 Å². The zero-order valence-electron chi connectivity index (χ0n) is 11.5. The Kier molecular flexibility index (Phi) is 4.46. The van der Waals surface area contributed by atoms with Crippen LogP contribution < -0.4 is 10.6 Å². The van der Waals surface area contributed by atoms with E-state index in [4.69, 9.17) is 0 Å². The van der Waals surface area contributed by atoms with Gasteiger partial charge in [-0.05, 0) is 36.9 Å². The Morgan fingerprint density at radius 2 is 2.11 bits per heavy atom. The summed E-state index contributed by atoms with van der Waals surface area (Å²) in [6.07, 6.45) is 1.20. The van der Waals surface area contributed by atoms with Crippen LogP contribution in [0.1, 0.15) is 38.8 Å². The first-order valence-electron chi connectivity index (χ1n) is 6.72. The van der Waals surface area contributed by atoms with Crippen molar-refractivity contribution < 1.29 is 0 Å². The van der Waals surface area contributed by atoms with E-state index in [1.54, 1.807) is 0 Å². The molecule has 1 unspecified atom stereocenters. The van der Waals surface area contributed by atoms with Crippen molar-refractivity contribution in [3.8, 4) is 0 Å². The van der Waals surface area contributed by atoms with Crippen LogP contribution in [0, 0.1) is 5.41 Å². The molecule has 1 aromatic carbocycles. The SMILES string of the molecule is C[C@H](NC1CCNCC1(C)C)c1ccccc1Br. The summed E-state index contributed by atoms with van der Waals surface area (Å²) < 4.78 is 1.19. The number of nitrogens with one attached hydrogen (secondary N) is 2. The van der Waals surface area contributed by atoms with Gasteiger partial charge in [-0.1, -0.05) is 48.0 Å². The van der Waals surface area contributed by atoms with Gasteiger partial charge in [-0.25, -0.2) is 0 Å². The molecule has 2 nitrogen and oxygen atoms in total. The Morgan fingerprint density at radius 1 is 1.39 bits per heavy atom. The van der Waals surface area contributed by atoms with Crippen LogP contribution in [0.2, 0.25) is 0 Å². The maximum absolute atomic E-state index is 3.80. The normalized spacial score (nSPS) is 24.8. The van der Waals surface area contributed by atoms with Crippen LogP contribution in [0.4, 0.5) is 0 Å². The topological polar surface area (TPSA) is 24.1 Å². The fraction of sp³-hybridized carbons (Fsp3) is 0.600. The van der Waals surface area contributed by atoms with Gasteiger partial charge in [0.15, 0.2) is 0 Å². The highest BCUT2D eigenvalue weighted by Crippen LogP contribution is 2.29. The molecule has 2 rings (SSSR count). The minimum Gasteiger partial charge on any atom is -0.316 e. The molecule has 0 amide bonds. The molecule has 0 aromatic heterocycles. The van der Waals surface area contributed by atoms with Gasteiger partial charge in [0.2, 0.25) is 0 Å². The maximum Gasteiger partial charge on any atom is 0.0305 e. The summed E-state index contributed by atoms with van der Waals surface area (Å²) in [6, 6.07) is 9.42. The number of rotatable bonds is 3. The third-order valence-electron chi connectivity index (χ3n) is 3.96. The third-order valence-corrected chi connectivity index (χ3v) is 4.68. The molecule has 3 heteroatoms. The summed E-state index contributed by atoms with van der Waals surface area (Å²) in [4.78, 5) is 0. The van der Waals surface area contributed by atoms with Gasteiger partial charge in [-0.15, -0.1) is 0 Å². The highest BCUT2D eigenvalue weighted by Gasteiger charge is 2.32. The number of hydrogen-bond donors (Lipinski definition) is 2. The molecule has 1 aliphatic heterocycles. The fourth-order valence-corrected chi connectivity index (χ4v) is 3.33. The van der Waals surface area contributed by atoms with E-state index in [-0.39, 0.29) is 0 Å². The van der Waals surface area contributed by atoms with Crippen molar-refractivity contribution in [1.82, 2.24) is 10.6 Å². The summed E-state index contributed by atoms with van der Waals surface area (Å²) >= 11 is 3.64. The van der Waals surface area contributed by atoms with E-state index in [1.807, 2.05) is 0 Å². The first-order chi connectivity index (χ1) is 8.50. The van der Waals surface area contributed by atoms with Crippen molar-refractivity contribution in [1.29, 1.82) is 0 Å². The Bertz CT molecular complexity index is 403. The van der Waals surface area contributed by atoms with Gasteiger partial charge >= 0.3 is 0 Å². The molecule has 0 radical (unpaired) electrons. The largest absolute Gasteiger partial charge is 0.316 e. The fourth-order valence-electron chi connectivity index (χ4n) is 2.70. The van der Waals surface area contributed by atoms with Crippen molar-refractivity contribution in [3.05, 3.63) is 34.3 Å². The minimum absolute atomic E-state index is 0.313. The molecule has 1 aromatic rings. The molecule has 100 valence electrons. The summed E-state index contributed by atoms with van der Waals surface area (Å²) in [5.41, 5.74) is 1.65. The molecule has 0 aliphatic carbocycles. The lowest BCUT2D eigenvalue weighted by Crippen LogP contribution is -2.53. The number of piperidine rings is 1. The van der Waals surface area contributed by atoms with Gasteiger partial charge in [0.05, 0.1) is 0 Å². The molecular formula is C15H23BrN2. The molecular weight excluding hydrogens is 288 g/mol. The molecule has 1 fully saturated rings. The Labute approximate surface area is 119 Å². The van der Waals surface area contributed by atoms with Crippen LogP contribution in [0.25, 0.3) is 0 Å². The molecule has 1 aliphatic rings. The predicted octanol–water partition coefficient (Wildman–Crippen LogP) is 3.49. The van der Waals surface area contributed by atoms with Crippen molar-refractivity contribution in [2.45, 2.75) is 39.3 Å². The monoisotopic (exact) mass is 310 g/mol. The zero-order valence-corrected chi connectivity index (χ0v) is 13.0. The average Bonchev–Trinajstić information content (AvgIpc) is 2.32. The Balaban J connectivity index is 2.07. The molecule has 0 bridgehead atoms. The highest BCUT2D eigenvalue weighted by atomic mass is 79.9. The van der Waals surface area contributed by atoms with Crippen LogP contribution in [-0.4, -0.2) is 19.1 Å². The second-order valence-electron chi connectivity index (χ2n) is 5.92. The molecule has 0 saturated carbocycles. The number of hydrogen-bond acceptors (Lipinski definition) is 2. The summed E-state index contributed by atoms with van der Waals surface area (Å²) in [7, 11) is 0. The van der Waals surface area contributed by atoms with E-state index >= 15 is 0 Å². The van der Waals surface area contributed by atoms with E-state index in [2.05, 4.69) is 71.6 Å². The van der Waals surface area contributed by atoms with E-state index in [1.165, 1.54) is 16.5 Å². The lowest BCUT2D eigenvalue weighted by Gasteiger charge is -2.41. The van der Waals surface area contributed by atoms with Crippen LogP contribution in [0.5, 0.6) is 0 Å². The zero-order chi connectivity index (χ0) is 13.2. The molecule has 0 spiro atoms. The van der Waals surface area contributed by atoms with Gasteiger partial charge in [-0.2, -0.15) is 0 Å². The number of halogens is 1. The van der Waals surface area contributed by atoms with Gasteiger partial charge in [0.1, 0.15) is 0 Å². The summed E-state index contributed by atoms with van der Waals surface area (Å²) in [5, 5.41) is 7.28. The summed E-state index contributed by atoms with van der Waals surface area (Å²) in [5.74, 6) is 0. The summed E-state index contributed by atoms with van der Waals surface area (Å²) in [6.45, 7) is 9.13. The lowest BCUT2D eigenvalue weighted by atomic mass is 9.79. The third kappa shape index (κ3) is 3.14. The first-order valence-corrected chi connectivity index (χ1v) is 7.51. The van der Waals surface area contributed by atoms with E-state index < -0.39 is 0 Å². The maximum atomic E-state index is 3.80. The van der Waals surface area contributed by atoms with Gasteiger partial charge in [0, 0.05) is 23.1 Å². The average molecular weight is 311 g/mol. The minimum atomic E-state index is 0.313. The Morgan fingerprint density at radius 3 is 2.78 bits per heavy atom. The quantitative estimate of drug-likeness (QED) is 0.893. The number of benzene rings is 1. The Hall–Kier alpha value is -0.380. The van der Waals surface area contributed by atoms with Gasteiger partial charge < -0.3 is 10.6 Å². The molecule has 1 heterocycles. The van der Waals surface area contributed by atoms with Crippen molar-refractivity contribution in [2.75, 3.05) is 13.1 Å². The molecule has 18 heavy (non-hydrogen) atoms.